The first-order valence-electron chi connectivity index (χ1n) is 9.81. The monoisotopic (exact) mass is 374 g/mol. The lowest BCUT2D eigenvalue weighted by molar-refractivity contribution is 0.120. The molecule has 3 aromatic rings. The maximum absolute atomic E-state index is 5.71. The van der Waals surface area contributed by atoms with E-state index < -0.39 is 0 Å². The molecule has 0 amide bonds. The summed E-state index contributed by atoms with van der Waals surface area (Å²) in [7, 11) is 0. The van der Waals surface area contributed by atoms with Gasteiger partial charge >= 0.3 is 0 Å². The number of ether oxygens (including phenoxy) is 1. The molecule has 0 bridgehead atoms. The molecule has 1 aliphatic rings. The highest BCUT2D eigenvalue weighted by Gasteiger charge is 2.16. The van der Waals surface area contributed by atoms with Crippen LogP contribution in [0.5, 0.6) is 0 Å². The molecule has 1 aromatic heterocycles. The summed E-state index contributed by atoms with van der Waals surface area (Å²) in [6.07, 6.45) is 2.44. The van der Waals surface area contributed by atoms with Crippen LogP contribution in [0.3, 0.4) is 0 Å². The summed E-state index contributed by atoms with van der Waals surface area (Å²) in [6, 6.07) is 18.5. The summed E-state index contributed by atoms with van der Waals surface area (Å²) in [6.45, 7) is 5.75. The zero-order valence-corrected chi connectivity index (χ0v) is 16.4. The molecule has 0 spiro atoms. The van der Waals surface area contributed by atoms with E-state index in [9.17, 15) is 0 Å². The number of nitrogens with one attached hydrogen (secondary N) is 2. The van der Waals surface area contributed by atoms with Gasteiger partial charge in [0.1, 0.15) is 5.82 Å². The molecular weight excluding hydrogens is 348 g/mol. The SMILES string of the molecule is Cc1ccc(C)c(Nc2cc(-c3ccccc3)nc(NCC3CCCO3)n2)c1. The normalized spacial score (nSPS) is 16.1. The predicted molar refractivity (Wildman–Crippen MR) is 114 cm³/mol. The van der Waals surface area contributed by atoms with Gasteiger partial charge in [0.25, 0.3) is 0 Å². The quantitative estimate of drug-likeness (QED) is 0.629. The molecule has 1 atom stereocenters. The van der Waals surface area contributed by atoms with Crippen molar-refractivity contribution in [2.75, 3.05) is 23.8 Å². The van der Waals surface area contributed by atoms with Crippen molar-refractivity contribution in [1.82, 2.24) is 9.97 Å². The van der Waals surface area contributed by atoms with Gasteiger partial charge in [0.2, 0.25) is 5.95 Å². The van der Waals surface area contributed by atoms with Crippen LogP contribution in [0, 0.1) is 13.8 Å². The van der Waals surface area contributed by atoms with E-state index in [0.717, 1.165) is 48.8 Å². The molecule has 2 heterocycles. The number of rotatable bonds is 6. The summed E-state index contributed by atoms with van der Waals surface area (Å²) < 4.78 is 5.71. The zero-order chi connectivity index (χ0) is 19.3. The fraction of sp³-hybridized carbons (Fsp3) is 0.304. The Morgan fingerprint density at radius 2 is 1.89 bits per heavy atom. The number of aromatic nitrogens is 2. The maximum atomic E-state index is 5.71. The van der Waals surface area contributed by atoms with Crippen molar-refractivity contribution in [3.63, 3.8) is 0 Å². The van der Waals surface area contributed by atoms with Crippen molar-refractivity contribution in [1.29, 1.82) is 0 Å². The minimum Gasteiger partial charge on any atom is -0.376 e. The van der Waals surface area contributed by atoms with Gasteiger partial charge in [-0.2, -0.15) is 4.98 Å². The number of hydrogen-bond acceptors (Lipinski definition) is 5. The zero-order valence-electron chi connectivity index (χ0n) is 16.4. The topological polar surface area (TPSA) is 59.1 Å². The van der Waals surface area contributed by atoms with E-state index in [-0.39, 0.29) is 6.10 Å². The Balaban J connectivity index is 1.63. The third-order valence-corrected chi connectivity index (χ3v) is 4.96. The second-order valence-electron chi connectivity index (χ2n) is 7.29. The van der Waals surface area contributed by atoms with Crippen LogP contribution in [0.1, 0.15) is 24.0 Å². The standard InChI is InChI=1S/C23H26N4O/c1-16-10-11-17(2)20(13-16)25-22-14-21(18-7-4-3-5-8-18)26-23(27-22)24-15-19-9-6-12-28-19/h3-5,7-8,10-11,13-14,19H,6,9,12,15H2,1-2H3,(H2,24,25,26,27). The summed E-state index contributed by atoms with van der Waals surface area (Å²) >= 11 is 0. The number of aryl methyl sites for hydroxylation is 2. The molecule has 0 radical (unpaired) electrons. The average Bonchev–Trinajstić information content (AvgIpc) is 3.23. The fourth-order valence-electron chi connectivity index (χ4n) is 3.37. The number of benzene rings is 2. The number of anilines is 3. The molecule has 5 heteroatoms. The summed E-state index contributed by atoms with van der Waals surface area (Å²) in [5.41, 5.74) is 5.40. The lowest BCUT2D eigenvalue weighted by Crippen LogP contribution is -2.20. The first-order chi connectivity index (χ1) is 13.7. The highest BCUT2D eigenvalue weighted by atomic mass is 16.5. The van der Waals surface area contributed by atoms with Gasteiger partial charge in [-0.1, -0.05) is 42.5 Å². The van der Waals surface area contributed by atoms with Gasteiger partial charge in [-0.3, -0.25) is 0 Å². The van der Waals surface area contributed by atoms with Crippen LogP contribution in [0.2, 0.25) is 0 Å². The lowest BCUT2D eigenvalue weighted by Gasteiger charge is -2.15. The van der Waals surface area contributed by atoms with Crippen molar-refractivity contribution in [2.24, 2.45) is 0 Å². The van der Waals surface area contributed by atoms with E-state index >= 15 is 0 Å². The molecule has 0 aliphatic carbocycles. The van der Waals surface area contributed by atoms with Crippen molar-refractivity contribution in [3.8, 4) is 11.3 Å². The van der Waals surface area contributed by atoms with Crippen molar-refractivity contribution < 1.29 is 4.74 Å². The van der Waals surface area contributed by atoms with E-state index in [2.05, 4.69) is 54.8 Å². The Kier molecular flexibility index (Phi) is 5.53. The largest absolute Gasteiger partial charge is 0.376 e. The fourth-order valence-corrected chi connectivity index (χ4v) is 3.37. The van der Waals surface area contributed by atoms with Crippen molar-refractivity contribution >= 4 is 17.5 Å². The van der Waals surface area contributed by atoms with E-state index in [1.54, 1.807) is 0 Å². The molecule has 1 fully saturated rings. The molecule has 1 aliphatic heterocycles. The van der Waals surface area contributed by atoms with E-state index in [0.29, 0.717) is 5.95 Å². The van der Waals surface area contributed by atoms with Gasteiger partial charge < -0.3 is 15.4 Å². The number of hydrogen-bond donors (Lipinski definition) is 2. The Labute approximate surface area is 166 Å². The van der Waals surface area contributed by atoms with Crippen molar-refractivity contribution in [3.05, 3.63) is 65.7 Å². The number of nitrogens with zero attached hydrogens (tertiary/aromatic N) is 2. The van der Waals surface area contributed by atoms with Crippen molar-refractivity contribution in [2.45, 2.75) is 32.8 Å². The van der Waals surface area contributed by atoms with Crippen LogP contribution < -0.4 is 10.6 Å². The van der Waals surface area contributed by atoms with Gasteiger partial charge in [0.15, 0.2) is 0 Å². The summed E-state index contributed by atoms with van der Waals surface area (Å²) in [4.78, 5) is 9.43. The molecule has 1 unspecified atom stereocenters. The molecule has 4 rings (SSSR count). The Morgan fingerprint density at radius 1 is 1.04 bits per heavy atom. The molecule has 0 saturated carbocycles. The Bertz CT molecular complexity index is 937. The molecule has 144 valence electrons. The summed E-state index contributed by atoms with van der Waals surface area (Å²) in [5, 5.41) is 6.83. The molecule has 28 heavy (non-hydrogen) atoms. The van der Waals surface area contributed by atoms with Crippen LogP contribution in [0.15, 0.2) is 54.6 Å². The van der Waals surface area contributed by atoms with E-state index in [1.807, 2.05) is 24.3 Å². The minimum absolute atomic E-state index is 0.236. The van der Waals surface area contributed by atoms with E-state index in [1.165, 1.54) is 11.1 Å². The predicted octanol–water partition coefficient (Wildman–Crippen LogP) is 5.09. The second-order valence-corrected chi connectivity index (χ2v) is 7.29. The second kappa shape index (κ2) is 8.40. The first kappa shape index (κ1) is 18.4. The maximum Gasteiger partial charge on any atom is 0.225 e. The molecular formula is C23H26N4O. The smallest absolute Gasteiger partial charge is 0.225 e. The Morgan fingerprint density at radius 3 is 2.68 bits per heavy atom. The van der Waals surface area contributed by atoms with Crippen LogP contribution in [-0.2, 0) is 4.74 Å². The van der Waals surface area contributed by atoms with E-state index in [4.69, 9.17) is 14.7 Å². The van der Waals surface area contributed by atoms with Crippen LogP contribution in [0.4, 0.5) is 17.5 Å². The van der Waals surface area contributed by atoms with Crippen LogP contribution in [0.25, 0.3) is 11.3 Å². The lowest BCUT2D eigenvalue weighted by atomic mass is 10.1. The molecule has 5 nitrogen and oxygen atoms in total. The highest BCUT2D eigenvalue weighted by molar-refractivity contribution is 5.68. The van der Waals surface area contributed by atoms with Gasteiger partial charge in [-0.25, -0.2) is 4.98 Å². The van der Waals surface area contributed by atoms with Crippen LogP contribution in [-0.4, -0.2) is 29.2 Å². The molecule has 2 N–H and O–H groups in total. The molecule has 2 aromatic carbocycles. The molecule has 1 saturated heterocycles. The van der Waals surface area contributed by atoms with Crippen LogP contribution >= 0.6 is 0 Å². The van der Waals surface area contributed by atoms with Gasteiger partial charge in [-0.05, 0) is 43.9 Å². The highest BCUT2D eigenvalue weighted by Crippen LogP contribution is 2.26. The minimum atomic E-state index is 0.236. The van der Waals surface area contributed by atoms with Gasteiger partial charge in [-0.15, -0.1) is 0 Å². The third-order valence-electron chi connectivity index (χ3n) is 4.96. The average molecular weight is 374 g/mol. The van der Waals surface area contributed by atoms with Gasteiger partial charge in [0.05, 0.1) is 11.8 Å². The Hall–Kier alpha value is -2.92. The summed E-state index contributed by atoms with van der Waals surface area (Å²) in [5.74, 6) is 1.39. The third kappa shape index (κ3) is 4.49. The van der Waals surface area contributed by atoms with Gasteiger partial charge in [0, 0.05) is 30.5 Å². The first-order valence-corrected chi connectivity index (χ1v) is 9.81.